The summed E-state index contributed by atoms with van der Waals surface area (Å²) in [6, 6.07) is 2.73. The van der Waals surface area contributed by atoms with E-state index in [1.807, 2.05) is 0 Å². The number of esters is 1. The van der Waals surface area contributed by atoms with E-state index in [0.717, 1.165) is 0 Å². The predicted molar refractivity (Wildman–Crippen MR) is 108 cm³/mol. The number of carboxylic acid groups (broad SMARTS) is 1. The molecule has 11 heteroatoms. The summed E-state index contributed by atoms with van der Waals surface area (Å²) in [4.78, 5) is 27.4. The van der Waals surface area contributed by atoms with Gasteiger partial charge in [-0.25, -0.2) is 13.2 Å². The van der Waals surface area contributed by atoms with Crippen molar-refractivity contribution in [2.45, 2.75) is 57.1 Å². The molecule has 29 heavy (non-hydrogen) atoms. The quantitative estimate of drug-likeness (QED) is 0.193. The number of hydrogen-bond acceptors (Lipinski definition) is 6. The second kappa shape index (κ2) is 9.70. The minimum absolute atomic E-state index is 0.0427. The molecule has 1 aromatic rings. The lowest BCUT2D eigenvalue weighted by Crippen LogP contribution is -2.41. The molecule has 10 nitrogen and oxygen atoms in total. The number of aliphatic imine (C=N–C) groups is 1. The van der Waals surface area contributed by atoms with Crippen LogP contribution in [0.1, 0.15) is 49.5 Å². The third-order valence-corrected chi connectivity index (χ3v) is 5.11. The van der Waals surface area contributed by atoms with Crippen LogP contribution in [0.2, 0.25) is 0 Å². The van der Waals surface area contributed by atoms with Crippen LogP contribution in [0.3, 0.4) is 0 Å². The Morgan fingerprint density at radius 1 is 1.28 bits per heavy atom. The van der Waals surface area contributed by atoms with Crippen LogP contribution in [-0.4, -0.2) is 49.6 Å². The zero-order valence-corrected chi connectivity index (χ0v) is 17.7. The molecular weight excluding hydrogens is 400 g/mol. The van der Waals surface area contributed by atoms with E-state index >= 15 is 0 Å². The Morgan fingerprint density at radius 2 is 1.90 bits per heavy atom. The largest absolute Gasteiger partial charge is 0.480 e. The number of hydrogen-bond donors (Lipinski definition) is 4. The Kier molecular flexibility index (Phi) is 8.15. The lowest BCUT2D eigenvalue weighted by molar-refractivity contribution is -0.139. The first kappa shape index (κ1) is 24.4. The molecule has 1 atom stereocenters. The van der Waals surface area contributed by atoms with E-state index in [4.69, 9.17) is 16.2 Å². The number of ether oxygens (including phenoxy) is 1. The summed E-state index contributed by atoms with van der Waals surface area (Å²) >= 11 is 0. The molecule has 0 radical (unpaired) electrons. The Hall–Kier alpha value is -2.66. The van der Waals surface area contributed by atoms with Crippen molar-refractivity contribution in [3.8, 4) is 0 Å². The lowest BCUT2D eigenvalue weighted by Gasteiger charge is -2.21. The number of rotatable bonds is 9. The maximum atomic E-state index is 12.8. The highest BCUT2D eigenvalue weighted by atomic mass is 32.2. The second-order valence-corrected chi connectivity index (χ2v) is 9.14. The number of nitrogens with zero attached hydrogens (tertiary/aromatic N) is 1. The average molecular weight is 429 g/mol. The first-order valence-electron chi connectivity index (χ1n) is 8.87. The molecule has 1 aromatic carbocycles. The maximum absolute atomic E-state index is 12.8. The molecule has 162 valence electrons. The third kappa shape index (κ3) is 8.08. The molecule has 0 aromatic heterocycles. The smallest absolute Gasteiger partial charge is 0.340 e. The summed E-state index contributed by atoms with van der Waals surface area (Å²) in [5, 5.41) is 9.36. The molecule has 6 N–H and O–H groups in total. The maximum Gasteiger partial charge on any atom is 0.340 e. The fourth-order valence-corrected chi connectivity index (χ4v) is 3.76. The van der Waals surface area contributed by atoms with Crippen molar-refractivity contribution >= 4 is 27.9 Å². The summed E-state index contributed by atoms with van der Waals surface area (Å²) in [7, 11) is -4.32. The molecule has 0 heterocycles. The van der Waals surface area contributed by atoms with Crippen LogP contribution in [0.4, 0.5) is 0 Å². The van der Waals surface area contributed by atoms with Gasteiger partial charge in [0.15, 0.2) is 5.96 Å². The monoisotopic (exact) mass is 428 g/mol. The van der Waals surface area contributed by atoms with E-state index in [2.05, 4.69) is 9.71 Å². The van der Waals surface area contributed by atoms with E-state index in [9.17, 15) is 23.1 Å². The Balaban J connectivity index is 3.15. The third-order valence-electron chi connectivity index (χ3n) is 3.58. The van der Waals surface area contributed by atoms with E-state index in [1.54, 1.807) is 27.7 Å². The lowest BCUT2D eigenvalue weighted by atomic mass is 10.1. The highest BCUT2D eigenvalue weighted by molar-refractivity contribution is 7.89. The SMILES string of the molecule is Cc1ccc(S(=O)(=O)N[C@@H](CCCN=C(N)N)C(=O)O)c(C(=O)OC(C)(C)C)c1. The van der Waals surface area contributed by atoms with E-state index in [-0.39, 0.29) is 35.8 Å². The van der Waals surface area contributed by atoms with Gasteiger partial charge in [-0.15, -0.1) is 0 Å². The number of guanidine groups is 1. The van der Waals surface area contributed by atoms with Crippen molar-refractivity contribution in [3.63, 3.8) is 0 Å². The van der Waals surface area contributed by atoms with Crippen LogP contribution >= 0.6 is 0 Å². The molecular formula is C18H28N4O6S. The van der Waals surface area contributed by atoms with Crippen molar-refractivity contribution < 1.29 is 27.9 Å². The fraction of sp³-hybridized carbons (Fsp3) is 0.500. The van der Waals surface area contributed by atoms with Crippen molar-refractivity contribution in [2.75, 3.05) is 6.54 Å². The molecule has 0 aliphatic rings. The second-order valence-electron chi connectivity index (χ2n) is 7.46. The van der Waals surface area contributed by atoms with Gasteiger partial charge in [0.25, 0.3) is 0 Å². The number of nitrogens with one attached hydrogen (secondary N) is 1. The van der Waals surface area contributed by atoms with E-state index < -0.39 is 33.6 Å². The van der Waals surface area contributed by atoms with Crippen molar-refractivity contribution in [3.05, 3.63) is 29.3 Å². The van der Waals surface area contributed by atoms with E-state index in [0.29, 0.717) is 5.56 Å². The Bertz CT molecular complexity index is 886. The van der Waals surface area contributed by atoms with Crippen LogP contribution in [-0.2, 0) is 19.6 Å². The Morgan fingerprint density at radius 3 is 2.41 bits per heavy atom. The predicted octanol–water partition coefficient (Wildman–Crippen LogP) is 0.735. The first-order valence-corrected chi connectivity index (χ1v) is 10.4. The molecule has 0 fully saturated rings. The normalized spacial score (nSPS) is 12.8. The highest BCUT2D eigenvalue weighted by Crippen LogP contribution is 2.22. The van der Waals surface area contributed by atoms with Gasteiger partial charge < -0.3 is 21.3 Å². The number of carbonyl (C=O) groups excluding carboxylic acids is 1. The molecule has 0 amide bonds. The topological polar surface area (TPSA) is 174 Å². The fourth-order valence-electron chi connectivity index (χ4n) is 2.36. The average Bonchev–Trinajstić information content (AvgIpc) is 2.55. The molecule has 0 saturated carbocycles. The number of sulfonamides is 1. The number of carboxylic acids is 1. The molecule has 0 saturated heterocycles. The summed E-state index contributed by atoms with van der Waals surface area (Å²) < 4.78 is 33.1. The van der Waals surface area contributed by atoms with Crippen LogP contribution in [0.5, 0.6) is 0 Å². The van der Waals surface area contributed by atoms with Crippen molar-refractivity contribution in [1.29, 1.82) is 0 Å². The minimum atomic E-state index is -4.32. The minimum Gasteiger partial charge on any atom is -0.480 e. The summed E-state index contributed by atoms with van der Waals surface area (Å²) in [6.07, 6.45) is 0.198. The van der Waals surface area contributed by atoms with Gasteiger partial charge in [0.05, 0.1) is 10.5 Å². The van der Waals surface area contributed by atoms with Gasteiger partial charge in [-0.05, 0) is 52.7 Å². The zero-order valence-electron chi connectivity index (χ0n) is 16.9. The highest BCUT2D eigenvalue weighted by Gasteiger charge is 2.30. The molecule has 0 spiro atoms. The Labute approximate surface area is 170 Å². The van der Waals surface area contributed by atoms with Gasteiger partial charge in [0, 0.05) is 6.54 Å². The summed E-state index contributed by atoms with van der Waals surface area (Å²) in [5.41, 5.74) is 10.1. The van der Waals surface area contributed by atoms with Crippen LogP contribution < -0.4 is 16.2 Å². The number of benzene rings is 1. The molecule has 0 aliphatic carbocycles. The molecule has 1 rings (SSSR count). The van der Waals surface area contributed by atoms with Crippen molar-refractivity contribution in [1.82, 2.24) is 4.72 Å². The standard InChI is InChI=1S/C18H28N4O6S/c1-11-7-8-14(12(10-11)16(25)28-18(2,3)4)29(26,27)22-13(15(23)24)6-5-9-21-17(19)20/h7-8,10,13,22H,5-6,9H2,1-4H3,(H,23,24)(H4,19,20,21)/t13-/m0/s1. The van der Waals surface area contributed by atoms with Gasteiger partial charge >= 0.3 is 11.9 Å². The van der Waals surface area contributed by atoms with Crippen molar-refractivity contribution in [2.24, 2.45) is 16.5 Å². The van der Waals surface area contributed by atoms with Gasteiger partial charge in [-0.1, -0.05) is 11.6 Å². The van der Waals surface area contributed by atoms with Gasteiger partial charge in [-0.2, -0.15) is 4.72 Å². The summed E-state index contributed by atoms with van der Waals surface area (Å²) in [6.45, 7) is 6.82. The molecule has 0 bridgehead atoms. The van der Waals surface area contributed by atoms with Crippen LogP contribution in [0.15, 0.2) is 28.1 Å². The number of aliphatic carboxylic acids is 1. The molecule has 0 unspecified atom stereocenters. The van der Waals surface area contributed by atoms with Gasteiger partial charge in [0.2, 0.25) is 10.0 Å². The van der Waals surface area contributed by atoms with Gasteiger partial charge in [-0.3, -0.25) is 9.79 Å². The zero-order chi connectivity index (χ0) is 22.4. The van der Waals surface area contributed by atoms with Gasteiger partial charge in [0.1, 0.15) is 11.6 Å². The van der Waals surface area contributed by atoms with Crippen LogP contribution in [0.25, 0.3) is 0 Å². The van der Waals surface area contributed by atoms with Crippen LogP contribution in [0, 0.1) is 6.92 Å². The summed E-state index contributed by atoms with van der Waals surface area (Å²) in [5.74, 6) is -2.32. The number of carbonyl (C=O) groups is 2. The molecule has 0 aliphatic heterocycles. The number of aryl methyl sites for hydroxylation is 1. The first-order chi connectivity index (χ1) is 13.2. The number of nitrogens with two attached hydrogens (primary N) is 2. The van der Waals surface area contributed by atoms with E-state index in [1.165, 1.54) is 18.2 Å².